The monoisotopic (exact) mass is 643 g/mol. The van der Waals surface area contributed by atoms with E-state index < -0.39 is 16.4 Å². The third-order valence-corrected chi connectivity index (χ3v) is 34.4. The molecule has 4 rings (SSSR count). The van der Waals surface area contributed by atoms with Gasteiger partial charge in [0.15, 0.2) is 0 Å². The van der Waals surface area contributed by atoms with Gasteiger partial charge in [-0.1, -0.05) is 0 Å². The number of allylic oxidation sites excluding steroid dienone is 2. The van der Waals surface area contributed by atoms with Gasteiger partial charge in [-0.15, -0.1) is 0 Å². The molecule has 0 radical (unpaired) electrons. The van der Waals surface area contributed by atoms with Gasteiger partial charge in [-0.2, -0.15) is 0 Å². The van der Waals surface area contributed by atoms with Gasteiger partial charge in [-0.05, 0) is 0 Å². The van der Waals surface area contributed by atoms with E-state index >= 15 is 0 Å². The number of halogens is 2. The summed E-state index contributed by atoms with van der Waals surface area (Å²) >= 11 is -4.82. The number of benzene rings is 2. The van der Waals surface area contributed by atoms with Gasteiger partial charge in [0.2, 0.25) is 0 Å². The fourth-order valence-corrected chi connectivity index (χ4v) is 30.6. The molecule has 0 N–H and O–H groups in total. The summed E-state index contributed by atoms with van der Waals surface area (Å²) in [4.78, 5) is 0. The molecule has 2 aromatic carbocycles. The van der Waals surface area contributed by atoms with E-state index in [1.807, 2.05) is 0 Å². The number of hydrogen-bond acceptors (Lipinski definition) is 0. The third-order valence-electron chi connectivity index (χ3n) is 10.0. The molecule has 3 heteroatoms. The van der Waals surface area contributed by atoms with Crippen molar-refractivity contribution in [2.45, 2.75) is 124 Å². The zero-order valence-electron chi connectivity index (χ0n) is 26.5. The molecule has 213 valence electrons. The van der Waals surface area contributed by atoms with Crippen molar-refractivity contribution < 1.29 is 16.4 Å². The summed E-state index contributed by atoms with van der Waals surface area (Å²) in [6.07, 6.45) is 5.89. The van der Waals surface area contributed by atoms with Crippen molar-refractivity contribution in [3.63, 3.8) is 0 Å². The summed E-state index contributed by atoms with van der Waals surface area (Å²) in [7, 11) is 17.0. The van der Waals surface area contributed by atoms with Crippen molar-refractivity contribution in [3.05, 3.63) is 79.9 Å². The van der Waals surface area contributed by atoms with E-state index in [9.17, 15) is 0 Å². The van der Waals surface area contributed by atoms with Crippen molar-refractivity contribution in [2.24, 2.45) is 0 Å². The van der Waals surface area contributed by atoms with E-state index in [0.29, 0.717) is 23.7 Å². The van der Waals surface area contributed by atoms with Gasteiger partial charge in [-0.25, -0.2) is 0 Å². The Morgan fingerprint density at radius 1 is 0.615 bits per heavy atom. The van der Waals surface area contributed by atoms with Crippen LogP contribution in [0.1, 0.15) is 165 Å². The van der Waals surface area contributed by atoms with E-state index in [4.69, 9.17) is 17.0 Å². The molecule has 0 bridgehead atoms. The van der Waals surface area contributed by atoms with Gasteiger partial charge in [0.05, 0.1) is 0 Å². The Morgan fingerprint density at radius 3 is 1.26 bits per heavy atom. The molecule has 0 saturated carbocycles. The molecule has 0 amide bonds. The minimum absolute atomic E-state index is 0.112. The fraction of sp³-hybridized carbons (Fsp3) is 0.556. The van der Waals surface area contributed by atoms with Crippen LogP contribution in [-0.2, 0) is 16.4 Å². The number of fused-ring (bicyclic) bond motifs is 2. The van der Waals surface area contributed by atoms with Crippen molar-refractivity contribution in [3.8, 4) is 0 Å². The standard InChI is InChI=1S/2C16H21.C4H9.2ClH.Zr/c2*1-10(2)13-8-14-6-12(5)7-16(14)15(9-13)11(3)4;1-3-4-2;;;/h2*6-11H,1-5H3;3H,4H2,1-2H3;2*1H;/q;;;;;+2/p-2. The van der Waals surface area contributed by atoms with Gasteiger partial charge in [0, 0.05) is 0 Å². The van der Waals surface area contributed by atoms with Crippen molar-refractivity contribution in [1.82, 2.24) is 0 Å². The summed E-state index contributed by atoms with van der Waals surface area (Å²) in [5.74, 6) is 1.82. The van der Waals surface area contributed by atoms with Crippen molar-refractivity contribution in [1.29, 1.82) is 0 Å². The molecule has 2 aliphatic carbocycles. The van der Waals surface area contributed by atoms with Crippen LogP contribution in [0.25, 0.3) is 12.2 Å². The van der Waals surface area contributed by atoms with E-state index in [1.54, 1.807) is 0 Å². The Labute approximate surface area is 247 Å². The number of rotatable bonds is 8. The maximum atomic E-state index is 8.52. The van der Waals surface area contributed by atoms with Crippen LogP contribution in [0.15, 0.2) is 35.4 Å². The molecule has 0 heterocycles. The molecule has 0 aliphatic heterocycles. The second-order valence-corrected chi connectivity index (χ2v) is 36.4. The van der Waals surface area contributed by atoms with Crippen LogP contribution in [0.3, 0.4) is 0 Å². The predicted octanol–water partition coefficient (Wildman–Crippen LogP) is 13.0. The van der Waals surface area contributed by atoms with E-state index in [2.05, 4.69) is 120 Å². The molecular formula is C36H51Cl2Zr. The molecular weight excluding hydrogens is 595 g/mol. The van der Waals surface area contributed by atoms with Gasteiger partial charge in [0.1, 0.15) is 0 Å². The van der Waals surface area contributed by atoms with Crippen molar-refractivity contribution >= 4 is 29.2 Å². The molecule has 39 heavy (non-hydrogen) atoms. The van der Waals surface area contributed by atoms with Crippen LogP contribution in [0.4, 0.5) is 0 Å². The van der Waals surface area contributed by atoms with Crippen LogP contribution < -0.4 is 0 Å². The maximum absolute atomic E-state index is 8.52. The fourth-order valence-electron chi connectivity index (χ4n) is 7.58. The predicted molar refractivity (Wildman–Crippen MR) is 173 cm³/mol. The Morgan fingerprint density at radius 2 is 0.974 bits per heavy atom. The molecule has 3 atom stereocenters. The molecule has 3 unspecified atom stereocenters. The van der Waals surface area contributed by atoms with Crippen LogP contribution in [-0.4, -0.2) is 0 Å². The van der Waals surface area contributed by atoms with Crippen LogP contribution in [0.2, 0.25) is 3.63 Å². The molecule has 2 aromatic rings. The van der Waals surface area contributed by atoms with Crippen LogP contribution in [0.5, 0.6) is 0 Å². The molecule has 0 spiro atoms. The first-order chi connectivity index (χ1) is 18.0. The third kappa shape index (κ3) is 4.94. The quantitative estimate of drug-likeness (QED) is 0.268. The first-order valence-electron chi connectivity index (χ1n) is 15.3. The topological polar surface area (TPSA) is 0 Å². The molecule has 2 aliphatic rings. The first kappa shape index (κ1) is 31.3. The second kappa shape index (κ2) is 10.9. The second-order valence-electron chi connectivity index (χ2n) is 14.0. The van der Waals surface area contributed by atoms with E-state index in [1.165, 1.54) is 55.7 Å². The normalized spacial score (nSPS) is 20.8. The average Bonchev–Trinajstić information content (AvgIpc) is 3.37. The zero-order chi connectivity index (χ0) is 29.2. The van der Waals surface area contributed by atoms with E-state index in [0.717, 1.165) is 6.42 Å². The van der Waals surface area contributed by atoms with E-state index in [-0.39, 0.29) is 10.9 Å². The van der Waals surface area contributed by atoms with Gasteiger partial charge < -0.3 is 0 Å². The van der Waals surface area contributed by atoms with Gasteiger partial charge in [0.25, 0.3) is 0 Å². The summed E-state index contributed by atoms with van der Waals surface area (Å²) in [6.45, 7) is 27.8. The number of hydrogen-bond donors (Lipinski definition) is 0. The Balaban J connectivity index is 2.08. The Bertz CT molecular complexity index is 1240. The average molecular weight is 646 g/mol. The van der Waals surface area contributed by atoms with Crippen LogP contribution >= 0.6 is 17.0 Å². The first-order valence-corrected chi connectivity index (χ1v) is 25.9. The Hall–Kier alpha value is -0.617. The van der Waals surface area contributed by atoms with Gasteiger partial charge in [-0.3, -0.25) is 0 Å². The minimum atomic E-state index is -4.82. The van der Waals surface area contributed by atoms with Gasteiger partial charge >= 0.3 is 250 Å². The summed E-state index contributed by atoms with van der Waals surface area (Å²) in [5, 5.41) is 0. The molecule has 0 aromatic heterocycles. The van der Waals surface area contributed by atoms with Crippen LogP contribution in [0, 0.1) is 0 Å². The van der Waals surface area contributed by atoms with Crippen molar-refractivity contribution in [2.75, 3.05) is 0 Å². The summed E-state index contributed by atoms with van der Waals surface area (Å²) in [6, 6.07) is 9.83. The molecule has 0 nitrogen and oxygen atoms in total. The SMILES string of the molecule is CC[CH](C)[Zr]([Cl])([Cl])([CH]1C(C)=Cc2c(C(C)C)cc(C(C)C)cc21)[CH]1C(C)=Cc2c(C(C)C)cc(C(C)C)cc21. The molecule has 0 saturated heterocycles. The summed E-state index contributed by atoms with van der Waals surface area (Å²) < 4.78 is 0.490. The zero-order valence-corrected chi connectivity index (χ0v) is 30.4. The molecule has 0 fully saturated rings. The summed E-state index contributed by atoms with van der Waals surface area (Å²) in [5.41, 5.74) is 14.0. The Kier molecular flexibility index (Phi) is 8.75.